The summed E-state index contributed by atoms with van der Waals surface area (Å²) in [6.07, 6.45) is -4.08. The van der Waals surface area contributed by atoms with Gasteiger partial charge in [-0.15, -0.1) is 10.2 Å². The first-order valence-electron chi connectivity index (χ1n) is 7.20. The Labute approximate surface area is 144 Å². The second-order valence-electron chi connectivity index (χ2n) is 5.14. The summed E-state index contributed by atoms with van der Waals surface area (Å²) in [5, 5.41) is 11.8. The number of thioether (sulfide) groups is 1. The number of amides is 1. The van der Waals surface area contributed by atoms with Crippen molar-refractivity contribution >= 4 is 23.4 Å². The zero-order chi connectivity index (χ0) is 18.0. The molecular weight excluding hydrogens is 357 g/mol. The van der Waals surface area contributed by atoms with Crippen LogP contribution in [0.15, 0.2) is 40.6 Å². The summed E-state index contributed by atoms with van der Waals surface area (Å²) in [4.78, 5) is 12.2. The minimum absolute atomic E-state index is 0.140. The predicted octanol–water partition coefficient (Wildman–Crippen LogP) is 1.74. The van der Waals surface area contributed by atoms with Crippen LogP contribution in [0.5, 0.6) is 0 Å². The first kappa shape index (κ1) is 17.3. The van der Waals surface area contributed by atoms with Gasteiger partial charge >= 0.3 is 6.18 Å². The highest BCUT2D eigenvalue weighted by atomic mass is 32.2. The van der Waals surface area contributed by atoms with Crippen molar-refractivity contribution in [3.63, 3.8) is 0 Å². The summed E-state index contributed by atoms with van der Waals surface area (Å²) in [5.41, 5.74) is 1.72. The molecule has 3 rings (SSSR count). The zero-order valence-corrected chi connectivity index (χ0v) is 13.6. The molecule has 0 fully saturated rings. The van der Waals surface area contributed by atoms with E-state index >= 15 is 0 Å². The van der Waals surface area contributed by atoms with Gasteiger partial charge in [0, 0.05) is 6.42 Å². The largest absolute Gasteiger partial charge is 0.453 e. The van der Waals surface area contributed by atoms with Gasteiger partial charge in [0.25, 0.3) is 11.7 Å². The highest BCUT2D eigenvalue weighted by Gasteiger charge is 2.38. The van der Waals surface area contributed by atoms with Crippen LogP contribution >= 0.6 is 11.8 Å². The van der Waals surface area contributed by atoms with Crippen LogP contribution in [0.2, 0.25) is 0 Å². The van der Waals surface area contributed by atoms with E-state index in [1.165, 1.54) is 5.01 Å². The van der Waals surface area contributed by atoms with Crippen molar-refractivity contribution in [2.24, 2.45) is 5.10 Å². The lowest BCUT2D eigenvalue weighted by Crippen LogP contribution is -2.26. The van der Waals surface area contributed by atoms with Crippen LogP contribution in [0, 0.1) is 0 Å². The average Bonchev–Trinajstić information content (AvgIpc) is 3.20. The van der Waals surface area contributed by atoms with Gasteiger partial charge in [-0.05, 0) is 5.56 Å². The maximum Gasteiger partial charge on any atom is 0.453 e. The molecule has 0 atom stereocenters. The number of halogens is 3. The van der Waals surface area contributed by atoms with Crippen molar-refractivity contribution in [1.29, 1.82) is 0 Å². The Balaban J connectivity index is 1.63. The van der Waals surface area contributed by atoms with Crippen molar-refractivity contribution in [3.05, 3.63) is 41.7 Å². The van der Waals surface area contributed by atoms with Gasteiger partial charge in [0.15, 0.2) is 0 Å². The molecule has 1 amide bonds. The highest BCUT2D eigenvalue weighted by molar-refractivity contribution is 7.99. The summed E-state index contributed by atoms with van der Waals surface area (Å²) < 4.78 is 38.1. The Morgan fingerprint density at radius 1 is 1.24 bits per heavy atom. The Bertz CT molecular complexity index is 805. The fourth-order valence-electron chi connectivity index (χ4n) is 2.24. The zero-order valence-electron chi connectivity index (χ0n) is 12.8. The summed E-state index contributed by atoms with van der Waals surface area (Å²) >= 11 is 0.780. The van der Waals surface area contributed by atoms with Gasteiger partial charge in [-0.2, -0.15) is 18.3 Å². The second kappa shape index (κ2) is 6.75. The SMILES string of the molecule is Nn1c(SCC(=O)N2CCC(c3ccccc3)=N2)nnc1C(F)(F)F. The van der Waals surface area contributed by atoms with Crippen LogP contribution in [0.4, 0.5) is 13.2 Å². The third-order valence-electron chi connectivity index (χ3n) is 3.44. The molecule has 0 spiro atoms. The van der Waals surface area contributed by atoms with Crippen molar-refractivity contribution in [1.82, 2.24) is 19.9 Å². The van der Waals surface area contributed by atoms with Crippen LogP contribution in [-0.4, -0.2) is 43.8 Å². The molecule has 0 aliphatic carbocycles. The van der Waals surface area contributed by atoms with E-state index in [-0.39, 0.29) is 16.8 Å². The van der Waals surface area contributed by atoms with Gasteiger partial charge in [-0.25, -0.2) is 9.69 Å². The Morgan fingerprint density at radius 3 is 2.60 bits per heavy atom. The summed E-state index contributed by atoms with van der Waals surface area (Å²) in [5.74, 6) is 3.53. The van der Waals surface area contributed by atoms with Gasteiger partial charge in [0.05, 0.1) is 18.0 Å². The van der Waals surface area contributed by atoms with Crippen molar-refractivity contribution in [2.75, 3.05) is 18.1 Å². The minimum atomic E-state index is -4.70. The molecule has 0 radical (unpaired) electrons. The van der Waals surface area contributed by atoms with E-state index in [0.29, 0.717) is 17.6 Å². The molecule has 7 nitrogen and oxygen atoms in total. The topological polar surface area (TPSA) is 89.4 Å². The quantitative estimate of drug-likeness (QED) is 0.654. The van der Waals surface area contributed by atoms with Crippen LogP contribution in [-0.2, 0) is 11.0 Å². The van der Waals surface area contributed by atoms with Crippen LogP contribution < -0.4 is 5.84 Å². The van der Waals surface area contributed by atoms with Crippen LogP contribution in [0.1, 0.15) is 17.8 Å². The van der Waals surface area contributed by atoms with Gasteiger partial charge < -0.3 is 5.84 Å². The molecule has 132 valence electrons. The molecule has 1 aromatic carbocycles. The second-order valence-corrected chi connectivity index (χ2v) is 6.08. The number of alkyl halides is 3. The molecule has 2 N–H and O–H groups in total. The van der Waals surface area contributed by atoms with E-state index < -0.39 is 12.0 Å². The van der Waals surface area contributed by atoms with E-state index in [0.717, 1.165) is 23.0 Å². The van der Waals surface area contributed by atoms with E-state index in [4.69, 9.17) is 5.84 Å². The number of nitrogens with zero attached hydrogens (tertiary/aromatic N) is 5. The van der Waals surface area contributed by atoms with Gasteiger partial charge in [0.2, 0.25) is 5.16 Å². The number of hydrazone groups is 1. The molecule has 1 aromatic heterocycles. The number of nitrogens with two attached hydrogens (primary N) is 1. The third-order valence-corrected chi connectivity index (χ3v) is 4.37. The first-order valence-corrected chi connectivity index (χ1v) is 8.18. The fourth-order valence-corrected chi connectivity index (χ4v) is 2.97. The number of carbonyl (C=O) groups excluding carboxylic acids is 1. The number of benzene rings is 1. The van der Waals surface area contributed by atoms with Crippen molar-refractivity contribution in [2.45, 2.75) is 17.8 Å². The van der Waals surface area contributed by atoms with E-state index in [1.807, 2.05) is 30.3 Å². The molecule has 0 unspecified atom stereocenters. The molecule has 25 heavy (non-hydrogen) atoms. The normalized spacial score (nSPS) is 14.7. The minimum Gasteiger partial charge on any atom is -0.335 e. The Hall–Kier alpha value is -2.56. The lowest BCUT2D eigenvalue weighted by atomic mass is 10.1. The van der Waals surface area contributed by atoms with E-state index in [9.17, 15) is 18.0 Å². The molecule has 2 aromatic rings. The number of nitrogen functional groups attached to an aromatic ring is 1. The van der Waals surface area contributed by atoms with Crippen molar-refractivity contribution in [3.8, 4) is 0 Å². The highest BCUT2D eigenvalue weighted by Crippen LogP contribution is 2.29. The average molecular weight is 370 g/mol. The molecule has 2 heterocycles. The first-order chi connectivity index (χ1) is 11.9. The Kier molecular flexibility index (Phi) is 4.66. The van der Waals surface area contributed by atoms with Crippen LogP contribution in [0.3, 0.4) is 0 Å². The summed E-state index contributed by atoms with van der Waals surface area (Å²) in [6.45, 7) is 0.423. The molecule has 0 bridgehead atoms. The molecule has 1 aliphatic rings. The van der Waals surface area contributed by atoms with Gasteiger partial charge in [0.1, 0.15) is 0 Å². The number of hydrogen-bond acceptors (Lipinski definition) is 6. The van der Waals surface area contributed by atoms with Gasteiger partial charge in [-0.3, -0.25) is 4.79 Å². The summed E-state index contributed by atoms with van der Waals surface area (Å²) in [7, 11) is 0. The smallest absolute Gasteiger partial charge is 0.335 e. The van der Waals surface area contributed by atoms with E-state index in [1.54, 1.807) is 0 Å². The maximum atomic E-state index is 12.6. The fraction of sp³-hybridized carbons (Fsp3) is 0.286. The predicted molar refractivity (Wildman–Crippen MR) is 85.2 cm³/mol. The standard InChI is InChI=1S/C14H13F3N6OS/c15-14(16,17)12-19-20-13(23(12)18)25-8-11(24)22-7-6-10(21-22)9-4-2-1-3-5-9/h1-5H,6-8,18H2. The third kappa shape index (κ3) is 3.76. The lowest BCUT2D eigenvalue weighted by molar-refractivity contribution is -0.146. The number of carbonyl (C=O) groups is 1. The molecule has 0 saturated heterocycles. The monoisotopic (exact) mass is 370 g/mol. The molecule has 11 heteroatoms. The summed E-state index contributed by atoms with van der Waals surface area (Å²) in [6, 6.07) is 9.44. The molecular formula is C14H13F3N6OS. The van der Waals surface area contributed by atoms with Crippen molar-refractivity contribution < 1.29 is 18.0 Å². The Morgan fingerprint density at radius 2 is 1.96 bits per heavy atom. The molecule has 0 saturated carbocycles. The van der Waals surface area contributed by atoms with E-state index in [2.05, 4.69) is 15.3 Å². The maximum absolute atomic E-state index is 12.6. The van der Waals surface area contributed by atoms with Crippen LogP contribution in [0.25, 0.3) is 0 Å². The number of aromatic nitrogens is 3. The van der Waals surface area contributed by atoms with Gasteiger partial charge in [-0.1, -0.05) is 42.1 Å². The number of hydrogen-bond donors (Lipinski definition) is 1. The number of rotatable bonds is 4. The molecule has 1 aliphatic heterocycles. The lowest BCUT2D eigenvalue weighted by Gasteiger charge is -2.10.